The largest absolute Gasteiger partial charge is 0.508 e. The monoisotopic (exact) mass is 201 g/mol. The average molecular weight is 201 g/mol. The summed E-state index contributed by atoms with van der Waals surface area (Å²) in [5.74, 6) is 0.301. The van der Waals surface area contributed by atoms with E-state index in [-0.39, 0.29) is 6.04 Å². The van der Waals surface area contributed by atoms with Crippen molar-refractivity contribution in [3.63, 3.8) is 0 Å². The molecule has 0 fully saturated rings. The van der Waals surface area contributed by atoms with Crippen LogP contribution in [0.5, 0.6) is 5.75 Å². The van der Waals surface area contributed by atoms with Crippen molar-refractivity contribution in [1.29, 1.82) is 0 Å². The third-order valence-corrected chi connectivity index (χ3v) is 2.72. The number of fused-ring (bicyclic) bond motifs is 1. The fourth-order valence-corrected chi connectivity index (χ4v) is 1.72. The van der Waals surface area contributed by atoms with E-state index >= 15 is 0 Å². The van der Waals surface area contributed by atoms with Gasteiger partial charge in [0.1, 0.15) is 5.75 Å². The summed E-state index contributed by atoms with van der Waals surface area (Å²) < 4.78 is 0. The van der Waals surface area contributed by atoms with Gasteiger partial charge in [0.2, 0.25) is 0 Å². The van der Waals surface area contributed by atoms with Gasteiger partial charge in [-0.3, -0.25) is 0 Å². The second kappa shape index (κ2) is 3.91. The maximum Gasteiger partial charge on any atom is 0.116 e. The summed E-state index contributed by atoms with van der Waals surface area (Å²) in [4.78, 5) is 0. The number of benzene rings is 2. The Morgan fingerprint density at radius 3 is 2.53 bits per heavy atom. The van der Waals surface area contributed by atoms with Gasteiger partial charge in [-0.15, -0.1) is 0 Å². The molecule has 2 aromatic rings. The first-order chi connectivity index (χ1) is 7.20. The number of phenolic OH excluding ortho intramolecular Hbond substituents is 1. The summed E-state index contributed by atoms with van der Waals surface area (Å²) in [6.45, 7) is 2.08. The lowest BCUT2D eigenvalue weighted by Gasteiger charge is -2.10. The van der Waals surface area contributed by atoms with Crippen LogP contribution in [0.25, 0.3) is 10.8 Å². The number of rotatable bonds is 2. The van der Waals surface area contributed by atoms with Gasteiger partial charge in [0.05, 0.1) is 0 Å². The minimum Gasteiger partial charge on any atom is -0.508 e. The van der Waals surface area contributed by atoms with Gasteiger partial charge in [0.15, 0.2) is 0 Å². The fraction of sp³-hybridized carbons (Fsp3) is 0.231. The summed E-state index contributed by atoms with van der Waals surface area (Å²) in [6, 6.07) is 11.6. The molecule has 0 aromatic heterocycles. The van der Waals surface area contributed by atoms with Gasteiger partial charge in [-0.2, -0.15) is 0 Å². The predicted molar refractivity (Wildman–Crippen MR) is 62.8 cm³/mol. The first kappa shape index (κ1) is 9.99. The van der Waals surface area contributed by atoms with E-state index in [0.29, 0.717) is 5.75 Å². The van der Waals surface area contributed by atoms with Crippen molar-refractivity contribution < 1.29 is 5.11 Å². The molecule has 0 aliphatic rings. The number of aromatic hydroxyl groups is 1. The molecule has 2 aromatic carbocycles. The zero-order valence-corrected chi connectivity index (χ0v) is 8.77. The highest BCUT2D eigenvalue weighted by Crippen LogP contribution is 2.23. The van der Waals surface area contributed by atoms with Gasteiger partial charge in [-0.05, 0) is 41.0 Å². The van der Waals surface area contributed by atoms with Crippen LogP contribution in [0.15, 0.2) is 36.4 Å². The Labute approximate surface area is 89.3 Å². The third kappa shape index (κ3) is 1.95. The SMILES string of the molecule is CC[C@@H](N)c1ccc2cc(O)ccc2c1. The fourth-order valence-electron chi connectivity index (χ4n) is 1.72. The molecule has 0 saturated heterocycles. The minimum atomic E-state index is 0.100. The van der Waals surface area contributed by atoms with E-state index in [1.54, 1.807) is 12.1 Å². The summed E-state index contributed by atoms with van der Waals surface area (Å²) in [5.41, 5.74) is 7.11. The average Bonchev–Trinajstić information content (AvgIpc) is 2.27. The second-order valence-electron chi connectivity index (χ2n) is 3.81. The third-order valence-electron chi connectivity index (χ3n) is 2.72. The van der Waals surface area contributed by atoms with Crippen LogP contribution in [-0.2, 0) is 0 Å². The van der Waals surface area contributed by atoms with Gasteiger partial charge in [-0.25, -0.2) is 0 Å². The van der Waals surface area contributed by atoms with Crippen molar-refractivity contribution in [2.45, 2.75) is 19.4 Å². The second-order valence-corrected chi connectivity index (χ2v) is 3.81. The van der Waals surface area contributed by atoms with Crippen LogP contribution in [0.3, 0.4) is 0 Å². The topological polar surface area (TPSA) is 46.2 Å². The summed E-state index contributed by atoms with van der Waals surface area (Å²) in [5, 5.41) is 11.5. The van der Waals surface area contributed by atoms with Crippen LogP contribution >= 0.6 is 0 Å². The molecule has 0 heterocycles. The number of nitrogens with two attached hydrogens (primary N) is 1. The first-order valence-corrected chi connectivity index (χ1v) is 5.19. The Hall–Kier alpha value is -1.54. The first-order valence-electron chi connectivity index (χ1n) is 5.19. The molecule has 0 spiro atoms. The van der Waals surface area contributed by atoms with E-state index in [1.807, 2.05) is 18.2 Å². The van der Waals surface area contributed by atoms with E-state index in [4.69, 9.17) is 5.73 Å². The maximum atomic E-state index is 9.33. The van der Waals surface area contributed by atoms with Crippen LogP contribution in [0.1, 0.15) is 24.9 Å². The molecule has 0 amide bonds. The van der Waals surface area contributed by atoms with Gasteiger partial charge >= 0.3 is 0 Å². The normalized spacial score (nSPS) is 12.9. The van der Waals surface area contributed by atoms with Crippen LogP contribution in [0.4, 0.5) is 0 Å². The molecule has 0 aliphatic heterocycles. The highest BCUT2D eigenvalue weighted by atomic mass is 16.3. The molecule has 15 heavy (non-hydrogen) atoms. The van der Waals surface area contributed by atoms with E-state index in [9.17, 15) is 5.11 Å². The number of hydrogen-bond donors (Lipinski definition) is 2. The van der Waals surface area contributed by atoms with E-state index < -0.39 is 0 Å². The lowest BCUT2D eigenvalue weighted by atomic mass is 10.0. The minimum absolute atomic E-state index is 0.100. The van der Waals surface area contributed by atoms with E-state index in [2.05, 4.69) is 13.0 Å². The summed E-state index contributed by atoms with van der Waals surface area (Å²) in [6.07, 6.45) is 0.934. The maximum absolute atomic E-state index is 9.33. The Bertz CT molecular complexity index is 479. The Morgan fingerprint density at radius 1 is 1.13 bits per heavy atom. The van der Waals surface area contributed by atoms with E-state index in [1.165, 1.54) is 0 Å². The number of hydrogen-bond acceptors (Lipinski definition) is 2. The van der Waals surface area contributed by atoms with Crippen molar-refractivity contribution in [1.82, 2.24) is 0 Å². The Balaban J connectivity index is 2.52. The standard InChI is InChI=1S/C13H15NO/c1-2-13(14)11-4-3-10-8-12(15)6-5-9(10)7-11/h3-8,13,15H,2,14H2,1H3/t13-/m1/s1. The van der Waals surface area contributed by atoms with Crippen molar-refractivity contribution >= 4 is 10.8 Å². The van der Waals surface area contributed by atoms with Crippen molar-refractivity contribution in [2.75, 3.05) is 0 Å². The van der Waals surface area contributed by atoms with Crippen LogP contribution in [0, 0.1) is 0 Å². The van der Waals surface area contributed by atoms with Gasteiger partial charge in [-0.1, -0.05) is 25.1 Å². The Morgan fingerprint density at radius 2 is 1.80 bits per heavy atom. The Kier molecular flexibility index (Phi) is 2.60. The molecule has 1 atom stereocenters. The van der Waals surface area contributed by atoms with Gasteiger partial charge in [0, 0.05) is 6.04 Å². The highest BCUT2D eigenvalue weighted by Gasteiger charge is 2.04. The zero-order chi connectivity index (χ0) is 10.8. The predicted octanol–water partition coefficient (Wildman–Crippen LogP) is 2.96. The van der Waals surface area contributed by atoms with Crippen LogP contribution in [0.2, 0.25) is 0 Å². The molecular formula is C13H15NO. The summed E-state index contributed by atoms with van der Waals surface area (Å²) in [7, 11) is 0. The molecule has 0 unspecified atom stereocenters. The lowest BCUT2D eigenvalue weighted by molar-refractivity contribution is 0.476. The molecule has 0 saturated carbocycles. The molecule has 2 heteroatoms. The van der Waals surface area contributed by atoms with Gasteiger partial charge < -0.3 is 10.8 Å². The van der Waals surface area contributed by atoms with Crippen LogP contribution < -0.4 is 5.73 Å². The molecule has 2 nitrogen and oxygen atoms in total. The molecule has 78 valence electrons. The van der Waals surface area contributed by atoms with E-state index in [0.717, 1.165) is 22.8 Å². The smallest absolute Gasteiger partial charge is 0.116 e. The molecule has 0 bridgehead atoms. The lowest BCUT2D eigenvalue weighted by Crippen LogP contribution is -2.08. The molecule has 3 N–H and O–H groups in total. The summed E-state index contributed by atoms with van der Waals surface area (Å²) >= 11 is 0. The van der Waals surface area contributed by atoms with Crippen molar-refractivity contribution in [3.8, 4) is 5.75 Å². The van der Waals surface area contributed by atoms with Gasteiger partial charge in [0.25, 0.3) is 0 Å². The molecule has 0 radical (unpaired) electrons. The highest BCUT2D eigenvalue weighted by molar-refractivity contribution is 5.84. The molecule has 0 aliphatic carbocycles. The van der Waals surface area contributed by atoms with Crippen molar-refractivity contribution in [2.24, 2.45) is 5.73 Å². The molecular weight excluding hydrogens is 186 g/mol. The zero-order valence-electron chi connectivity index (χ0n) is 8.77. The number of phenols is 1. The van der Waals surface area contributed by atoms with Crippen LogP contribution in [-0.4, -0.2) is 5.11 Å². The quantitative estimate of drug-likeness (QED) is 0.784. The molecule has 2 rings (SSSR count). The van der Waals surface area contributed by atoms with Crippen molar-refractivity contribution in [3.05, 3.63) is 42.0 Å².